The van der Waals surface area contributed by atoms with Crippen LogP contribution in [0.1, 0.15) is 30.0 Å². The van der Waals surface area contributed by atoms with Crippen LogP contribution in [-0.2, 0) is 28.7 Å². The van der Waals surface area contributed by atoms with Gasteiger partial charge < -0.3 is 14.7 Å². The smallest absolute Gasteiger partial charge is 0.416 e. The van der Waals surface area contributed by atoms with Gasteiger partial charge in [0, 0.05) is 17.7 Å². The van der Waals surface area contributed by atoms with Gasteiger partial charge in [-0.3, -0.25) is 9.59 Å². The Kier molecular flexibility index (Phi) is 7.37. The maximum absolute atomic E-state index is 13.4. The van der Waals surface area contributed by atoms with Crippen LogP contribution >= 0.6 is 0 Å². The van der Waals surface area contributed by atoms with E-state index in [0.29, 0.717) is 11.3 Å². The number of hydrogen-bond donors (Lipinski definition) is 1. The highest BCUT2D eigenvalue weighted by Crippen LogP contribution is 2.35. The van der Waals surface area contributed by atoms with Crippen molar-refractivity contribution in [2.75, 3.05) is 4.90 Å². The van der Waals surface area contributed by atoms with E-state index in [2.05, 4.69) is 0 Å². The molecule has 172 valence electrons. The van der Waals surface area contributed by atoms with Gasteiger partial charge in [0.15, 0.2) is 0 Å². The van der Waals surface area contributed by atoms with Gasteiger partial charge in [-0.25, -0.2) is 0 Å². The SMILES string of the molecule is CCC(=O)N(Cc1cc(C(F)(F)F)ccc1Oc1cccc(CC(=O)O)c1)c1ccccc1. The number of para-hydroxylation sites is 1. The third-order valence-electron chi connectivity index (χ3n) is 4.87. The molecule has 0 fully saturated rings. The Labute approximate surface area is 189 Å². The summed E-state index contributed by atoms with van der Waals surface area (Å²) in [5.74, 6) is -0.852. The number of halogens is 3. The van der Waals surface area contributed by atoms with Crippen molar-refractivity contribution in [3.63, 3.8) is 0 Å². The second-order valence-corrected chi connectivity index (χ2v) is 7.31. The van der Waals surface area contributed by atoms with Crippen LogP contribution in [0.3, 0.4) is 0 Å². The van der Waals surface area contributed by atoms with Gasteiger partial charge in [0.25, 0.3) is 0 Å². The lowest BCUT2D eigenvalue weighted by Gasteiger charge is -2.24. The average molecular weight is 457 g/mol. The van der Waals surface area contributed by atoms with Crippen LogP contribution in [0.5, 0.6) is 11.5 Å². The number of amides is 1. The number of carboxylic acids is 1. The van der Waals surface area contributed by atoms with E-state index in [1.807, 2.05) is 0 Å². The maximum Gasteiger partial charge on any atom is 0.416 e. The largest absolute Gasteiger partial charge is 0.481 e. The Balaban J connectivity index is 2.01. The lowest BCUT2D eigenvalue weighted by molar-refractivity contribution is -0.138. The van der Waals surface area contributed by atoms with Crippen LogP contribution in [0.2, 0.25) is 0 Å². The third kappa shape index (κ3) is 6.35. The van der Waals surface area contributed by atoms with Crippen molar-refractivity contribution in [3.8, 4) is 11.5 Å². The minimum atomic E-state index is -4.57. The molecule has 33 heavy (non-hydrogen) atoms. The number of carboxylic acid groups (broad SMARTS) is 1. The van der Waals surface area contributed by atoms with Crippen LogP contribution in [0.15, 0.2) is 72.8 Å². The summed E-state index contributed by atoms with van der Waals surface area (Å²) < 4.78 is 46.1. The molecule has 8 heteroatoms. The first-order valence-corrected chi connectivity index (χ1v) is 10.2. The fourth-order valence-corrected chi connectivity index (χ4v) is 3.29. The van der Waals surface area contributed by atoms with Gasteiger partial charge in [0.2, 0.25) is 5.91 Å². The molecule has 0 bridgehead atoms. The number of anilines is 1. The second kappa shape index (κ2) is 10.2. The summed E-state index contributed by atoms with van der Waals surface area (Å²) in [4.78, 5) is 25.0. The molecular weight excluding hydrogens is 435 g/mol. The highest BCUT2D eigenvalue weighted by Gasteiger charge is 2.31. The predicted molar refractivity (Wildman–Crippen MR) is 117 cm³/mol. The Morgan fingerprint density at radius 2 is 1.70 bits per heavy atom. The first-order valence-electron chi connectivity index (χ1n) is 10.2. The van der Waals surface area contributed by atoms with E-state index in [0.717, 1.165) is 12.1 Å². The van der Waals surface area contributed by atoms with E-state index in [1.165, 1.54) is 17.0 Å². The van der Waals surface area contributed by atoms with E-state index in [1.54, 1.807) is 55.5 Å². The van der Waals surface area contributed by atoms with E-state index >= 15 is 0 Å². The molecule has 1 N–H and O–H groups in total. The minimum Gasteiger partial charge on any atom is -0.481 e. The number of carbonyl (C=O) groups excluding carboxylic acids is 1. The summed E-state index contributed by atoms with van der Waals surface area (Å²) in [6.45, 7) is 1.54. The quantitative estimate of drug-likeness (QED) is 0.446. The topological polar surface area (TPSA) is 66.8 Å². The summed E-state index contributed by atoms with van der Waals surface area (Å²) in [7, 11) is 0. The lowest BCUT2D eigenvalue weighted by atomic mass is 10.1. The number of hydrogen-bond acceptors (Lipinski definition) is 3. The Hall–Kier alpha value is -3.81. The van der Waals surface area contributed by atoms with E-state index < -0.39 is 17.7 Å². The Morgan fingerprint density at radius 1 is 0.970 bits per heavy atom. The summed E-state index contributed by atoms with van der Waals surface area (Å²) >= 11 is 0. The molecule has 0 aromatic heterocycles. The van der Waals surface area contributed by atoms with Crippen molar-refractivity contribution in [2.24, 2.45) is 0 Å². The van der Waals surface area contributed by atoms with Crippen molar-refractivity contribution >= 4 is 17.6 Å². The van der Waals surface area contributed by atoms with Gasteiger partial charge in [0.1, 0.15) is 11.5 Å². The fraction of sp³-hybridized carbons (Fsp3) is 0.200. The zero-order chi connectivity index (χ0) is 24.0. The zero-order valence-electron chi connectivity index (χ0n) is 17.8. The Bertz CT molecular complexity index is 1130. The summed E-state index contributed by atoms with van der Waals surface area (Å²) in [6.07, 6.45) is -4.62. The van der Waals surface area contributed by atoms with Gasteiger partial charge in [-0.1, -0.05) is 37.3 Å². The van der Waals surface area contributed by atoms with E-state index in [4.69, 9.17) is 9.84 Å². The van der Waals surface area contributed by atoms with Crippen molar-refractivity contribution < 1.29 is 32.6 Å². The molecule has 0 radical (unpaired) electrons. The van der Waals surface area contributed by atoms with Gasteiger partial charge in [0.05, 0.1) is 18.5 Å². The zero-order valence-corrected chi connectivity index (χ0v) is 17.8. The van der Waals surface area contributed by atoms with Gasteiger partial charge >= 0.3 is 12.1 Å². The molecule has 3 aromatic carbocycles. The number of ether oxygens (including phenoxy) is 1. The van der Waals surface area contributed by atoms with E-state index in [9.17, 15) is 22.8 Å². The fourth-order valence-electron chi connectivity index (χ4n) is 3.29. The number of alkyl halides is 3. The van der Waals surface area contributed by atoms with Crippen molar-refractivity contribution in [3.05, 3.63) is 89.5 Å². The highest BCUT2D eigenvalue weighted by atomic mass is 19.4. The molecule has 0 aliphatic carbocycles. The molecule has 0 atom stereocenters. The molecule has 0 saturated carbocycles. The molecular formula is C25H22F3NO4. The molecule has 0 unspecified atom stereocenters. The molecule has 3 aromatic rings. The van der Waals surface area contributed by atoms with Crippen LogP contribution in [0.4, 0.5) is 18.9 Å². The molecule has 0 saturated heterocycles. The molecule has 0 heterocycles. The third-order valence-corrected chi connectivity index (χ3v) is 4.87. The minimum absolute atomic E-state index is 0.134. The predicted octanol–water partition coefficient (Wildman–Crippen LogP) is 6.07. The summed E-state index contributed by atoms with van der Waals surface area (Å²) in [5.41, 5.74) is 0.345. The lowest BCUT2D eigenvalue weighted by Crippen LogP contribution is -2.29. The van der Waals surface area contributed by atoms with Crippen molar-refractivity contribution in [1.82, 2.24) is 0 Å². The Morgan fingerprint density at radius 3 is 2.33 bits per heavy atom. The molecule has 5 nitrogen and oxygen atoms in total. The summed E-state index contributed by atoms with van der Waals surface area (Å²) in [5, 5.41) is 9.00. The molecule has 1 amide bonds. The molecule has 0 spiro atoms. The van der Waals surface area contributed by atoms with Gasteiger partial charge in [-0.05, 0) is 48.0 Å². The van der Waals surface area contributed by atoms with Crippen LogP contribution < -0.4 is 9.64 Å². The number of carbonyl (C=O) groups is 2. The second-order valence-electron chi connectivity index (χ2n) is 7.31. The monoisotopic (exact) mass is 457 g/mol. The van der Waals surface area contributed by atoms with Crippen molar-refractivity contribution in [2.45, 2.75) is 32.5 Å². The first-order chi connectivity index (χ1) is 15.7. The van der Waals surface area contributed by atoms with Crippen molar-refractivity contribution in [1.29, 1.82) is 0 Å². The van der Waals surface area contributed by atoms with Gasteiger partial charge in [-0.15, -0.1) is 0 Å². The van der Waals surface area contributed by atoms with Gasteiger partial charge in [-0.2, -0.15) is 13.2 Å². The van der Waals surface area contributed by atoms with Crippen LogP contribution in [0, 0.1) is 0 Å². The number of rotatable bonds is 8. The van der Waals surface area contributed by atoms with Crippen LogP contribution in [-0.4, -0.2) is 17.0 Å². The maximum atomic E-state index is 13.4. The normalized spacial score (nSPS) is 11.2. The van der Waals surface area contributed by atoms with Crippen LogP contribution in [0.25, 0.3) is 0 Å². The summed E-state index contributed by atoms with van der Waals surface area (Å²) in [6, 6.07) is 18.1. The number of aliphatic carboxylic acids is 1. The highest BCUT2D eigenvalue weighted by molar-refractivity contribution is 5.93. The number of benzene rings is 3. The molecule has 0 aliphatic heterocycles. The number of nitrogens with zero attached hydrogens (tertiary/aromatic N) is 1. The van der Waals surface area contributed by atoms with E-state index in [-0.39, 0.29) is 42.4 Å². The standard InChI is InChI=1S/C25H22F3NO4/c1-2-23(30)29(20-8-4-3-5-9-20)16-18-15-19(25(26,27)28)11-12-22(18)33-21-10-6-7-17(13-21)14-24(31)32/h3-13,15H,2,14,16H2,1H3,(H,31,32). The first kappa shape index (κ1) is 23.8. The average Bonchev–Trinajstić information content (AvgIpc) is 2.77. The molecule has 3 rings (SSSR count). The molecule has 0 aliphatic rings.